The monoisotopic (exact) mass is 209 g/mol. The molecule has 5 heteroatoms. The molecular weight excluding hydrogens is 190 g/mol. The first-order valence-corrected chi connectivity index (χ1v) is 5.73. The minimum Gasteiger partial charge on any atom is -0.311 e. The summed E-state index contributed by atoms with van der Waals surface area (Å²) in [5.41, 5.74) is 0.983. The minimum absolute atomic E-state index is 0.816. The van der Waals surface area contributed by atoms with Crippen LogP contribution in [0, 0.1) is 0 Å². The molecule has 2 N–H and O–H groups in total. The summed E-state index contributed by atoms with van der Waals surface area (Å²) >= 11 is 0. The summed E-state index contributed by atoms with van der Waals surface area (Å²) < 4.78 is 0. The van der Waals surface area contributed by atoms with Gasteiger partial charge in [0, 0.05) is 6.54 Å². The fraction of sp³-hybridized carbons (Fsp3) is 0.800. The lowest BCUT2D eigenvalue weighted by molar-refractivity contribution is 0.331. The third-order valence-corrected chi connectivity index (χ3v) is 2.80. The molecule has 1 aliphatic rings. The van der Waals surface area contributed by atoms with Crippen LogP contribution >= 0.6 is 0 Å². The Bertz CT molecular complexity index is 253. The zero-order valence-electron chi connectivity index (χ0n) is 9.08. The van der Waals surface area contributed by atoms with E-state index < -0.39 is 0 Å². The van der Waals surface area contributed by atoms with E-state index in [1.807, 2.05) is 0 Å². The molecule has 0 aliphatic carbocycles. The zero-order chi connectivity index (χ0) is 10.3. The maximum Gasteiger partial charge on any atom is 0.0962 e. The van der Waals surface area contributed by atoms with E-state index in [1.165, 1.54) is 38.9 Å². The predicted octanol–water partition coefficient (Wildman–Crippen LogP) is 0.380. The van der Waals surface area contributed by atoms with Crippen LogP contribution in [-0.2, 0) is 6.54 Å². The molecule has 1 saturated heterocycles. The first-order chi connectivity index (χ1) is 7.45. The Kier molecular flexibility index (Phi) is 4.11. The average Bonchev–Trinajstić information content (AvgIpc) is 2.88. The first-order valence-electron chi connectivity index (χ1n) is 5.73. The van der Waals surface area contributed by atoms with Gasteiger partial charge >= 0.3 is 0 Å². The molecule has 84 valence electrons. The third kappa shape index (κ3) is 3.60. The smallest absolute Gasteiger partial charge is 0.0962 e. The van der Waals surface area contributed by atoms with Crippen molar-refractivity contribution in [1.82, 2.24) is 25.6 Å². The molecule has 0 radical (unpaired) electrons. The van der Waals surface area contributed by atoms with Gasteiger partial charge in [-0.3, -0.25) is 0 Å². The van der Waals surface area contributed by atoms with E-state index in [9.17, 15) is 0 Å². The van der Waals surface area contributed by atoms with Gasteiger partial charge in [-0.15, -0.1) is 0 Å². The van der Waals surface area contributed by atoms with Crippen LogP contribution in [-0.4, -0.2) is 46.5 Å². The number of nitrogens with zero attached hydrogens (tertiary/aromatic N) is 3. The summed E-state index contributed by atoms with van der Waals surface area (Å²) in [6.45, 7) is 5.69. The topological polar surface area (TPSA) is 56.8 Å². The molecule has 1 aromatic rings. The standard InChI is InChI=1S/C10H19N5/c1-2-6-15(5-1)7-3-4-11-8-10-9-12-14-13-10/h9,11H,1-8H2,(H,12,13,14). The van der Waals surface area contributed by atoms with Gasteiger partial charge in [0.2, 0.25) is 0 Å². The van der Waals surface area contributed by atoms with Crippen LogP contribution in [0.3, 0.4) is 0 Å². The van der Waals surface area contributed by atoms with Gasteiger partial charge in [0.05, 0.1) is 11.9 Å². The SMILES string of the molecule is c1n[nH]nc1CNCCCN1CCCC1. The van der Waals surface area contributed by atoms with Gasteiger partial charge in [0.15, 0.2) is 0 Å². The molecule has 1 aromatic heterocycles. The van der Waals surface area contributed by atoms with Crippen molar-refractivity contribution in [2.45, 2.75) is 25.8 Å². The number of rotatable bonds is 6. The second-order valence-electron chi connectivity index (χ2n) is 4.04. The Balaban J connectivity index is 1.48. The molecule has 0 saturated carbocycles. The van der Waals surface area contributed by atoms with Gasteiger partial charge in [0.25, 0.3) is 0 Å². The van der Waals surface area contributed by atoms with Crippen LogP contribution in [0.2, 0.25) is 0 Å². The lowest BCUT2D eigenvalue weighted by Crippen LogP contribution is -2.24. The van der Waals surface area contributed by atoms with Gasteiger partial charge in [-0.05, 0) is 45.4 Å². The quantitative estimate of drug-likeness (QED) is 0.665. The molecule has 0 unspecified atom stereocenters. The lowest BCUT2D eigenvalue weighted by Gasteiger charge is -2.13. The maximum atomic E-state index is 3.98. The van der Waals surface area contributed by atoms with Crippen molar-refractivity contribution in [3.63, 3.8) is 0 Å². The molecular formula is C10H19N5. The number of hydrogen-bond donors (Lipinski definition) is 2. The molecule has 0 spiro atoms. The first kappa shape index (κ1) is 10.6. The Morgan fingerprint density at radius 1 is 1.40 bits per heavy atom. The van der Waals surface area contributed by atoms with Crippen LogP contribution in [0.25, 0.3) is 0 Å². The molecule has 0 atom stereocenters. The van der Waals surface area contributed by atoms with E-state index >= 15 is 0 Å². The molecule has 0 bridgehead atoms. The Hall–Kier alpha value is -0.940. The van der Waals surface area contributed by atoms with Crippen LogP contribution in [0.15, 0.2) is 6.20 Å². The van der Waals surface area contributed by atoms with Crippen molar-refractivity contribution in [3.05, 3.63) is 11.9 Å². The second kappa shape index (κ2) is 5.82. The fourth-order valence-corrected chi connectivity index (χ4v) is 1.96. The highest BCUT2D eigenvalue weighted by Crippen LogP contribution is 2.06. The van der Waals surface area contributed by atoms with Crippen molar-refractivity contribution in [1.29, 1.82) is 0 Å². The Morgan fingerprint density at radius 3 is 3.00 bits per heavy atom. The van der Waals surface area contributed by atoms with Crippen LogP contribution in [0.4, 0.5) is 0 Å². The molecule has 2 rings (SSSR count). The minimum atomic E-state index is 0.816. The summed E-state index contributed by atoms with van der Waals surface area (Å²) in [6, 6.07) is 0. The molecule has 2 heterocycles. The van der Waals surface area contributed by atoms with Gasteiger partial charge in [-0.2, -0.15) is 15.4 Å². The van der Waals surface area contributed by atoms with Crippen molar-refractivity contribution in [2.75, 3.05) is 26.2 Å². The third-order valence-electron chi connectivity index (χ3n) is 2.80. The number of hydrogen-bond acceptors (Lipinski definition) is 4. The zero-order valence-corrected chi connectivity index (χ0v) is 9.08. The molecule has 15 heavy (non-hydrogen) atoms. The average molecular weight is 209 g/mol. The lowest BCUT2D eigenvalue weighted by atomic mass is 10.3. The number of likely N-dealkylation sites (tertiary alicyclic amines) is 1. The summed E-state index contributed by atoms with van der Waals surface area (Å²) in [7, 11) is 0. The number of nitrogens with one attached hydrogen (secondary N) is 2. The highest BCUT2D eigenvalue weighted by atomic mass is 15.3. The van der Waals surface area contributed by atoms with Gasteiger partial charge in [0.1, 0.15) is 0 Å². The van der Waals surface area contributed by atoms with Crippen LogP contribution < -0.4 is 5.32 Å². The molecule has 0 amide bonds. The van der Waals surface area contributed by atoms with Gasteiger partial charge < -0.3 is 10.2 Å². The maximum absolute atomic E-state index is 3.98. The second-order valence-corrected chi connectivity index (χ2v) is 4.04. The van der Waals surface area contributed by atoms with Gasteiger partial charge in [-0.1, -0.05) is 0 Å². The molecule has 1 aliphatic heterocycles. The molecule has 1 fully saturated rings. The largest absolute Gasteiger partial charge is 0.311 e. The number of H-pyrrole nitrogens is 1. The van der Waals surface area contributed by atoms with Crippen LogP contribution in [0.5, 0.6) is 0 Å². The highest BCUT2D eigenvalue weighted by molar-refractivity contribution is 4.88. The van der Waals surface area contributed by atoms with E-state index in [1.54, 1.807) is 6.20 Å². The Morgan fingerprint density at radius 2 is 2.27 bits per heavy atom. The summed E-state index contributed by atoms with van der Waals surface area (Å²) in [6.07, 6.45) is 5.74. The van der Waals surface area contributed by atoms with Crippen molar-refractivity contribution < 1.29 is 0 Å². The highest BCUT2D eigenvalue weighted by Gasteiger charge is 2.09. The predicted molar refractivity (Wildman–Crippen MR) is 58.4 cm³/mol. The normalized spacial score (nSPS) is 17.3. The summed E-state index contributed by atoms with van der Waals surface area (Å²) in [5.74, 6) is 0. The van der Waals surface area contributed by atoms with E-state index in [-0.39, 0.29) is 0 Å². The van der Waals surface area contributed by atoms with Gasteiger partial charge in [-0.25, -0.2) is 0 Å². The van der Waals surface area contributed by atoms with E-state index in [4.69, 9.17) is 0 Å². The number of aromatic amines is 1. The summed E-state index contributed by atoms with van der Waals surface area (Å²) in [4.78, 5) is 2.54. The van der Waals surface area contributed by atoms with E-state index in [0.717, 1.165) is 18.8 Å². The fourth-order valence-electron chi connectivity index (χ4n) is 1.96. The van der Waals surface area contributed by atoms with Crippen molar-refractivity contribution >= 4 is 0 Å². The van der Waals surface area contributed by atoms with E-state index in [2.05, 4.69) is 25.6 Å². The van der Waals surface area contributed by atoms with Crippen LogP contribution in [0.1, 0.15) is 25.0 Å². The molecule has 0 aromatic carbocycles. The van der Waals surface area contributed by atoms with Crippen molar-refractivity contribution in [2.24, 2.45) is 0 Å². The summed E-state index contributed by atoms with van der Waals surface area (Å²) in [5, 5.41) is 13.7. The van der Waals surface area contributed by atoms with Crippen molar-refractivity contribution in [3.8, 4) is 0 Å². The van der Waals surface area contributed by atoms with E-state index in [0.29, 0.717) is 0 Å². The Labute approximate surface area is 90.2 Å². The molecule has 5 nitrogen and oxygen atoms in total. The number of aromatic nitrogens is 3.